The number of rotatable bonds is 7. The average molecular weight is 333 g/mol. The number of benzene rings is 1. The molecule has 0 saturated carbocycles. The molecule has 1 heterocycles. The Bertz CT molecular complexity index is 766. The number of aliphatic hydroxyl groups is 1. The fourth-order valence-corrected chi connectivity index (χ4v) is 2.55. The van der Waals surface area contributed by atoms with Crippen LogP contribution in [-0.4, -0.2) is 44.3 Å². The second-order valence-corrected chi connectivity index (χ2v) is 5.75. The Labute approximate surface area is 139 Å². The molecule has 7 heteroatoms. The Kier molecular flexibility index (Phi) is 5.94. The van der Waals surface area contributed by atoms with Crippen molar-refractivity contribution in [1.29, 1.82) is 0 Å². The van der Waals surface area contributed by atoms with Gasteiger partial charge in [0.1, 0.15) is 5.75 Å². The molecule has 1 atom stereocenters. The van der Waals surface area contributed by atoms with E-state index in [-0.39, 0.29) is 17.9 Å². The van der Waals surface area contributed by atoms with Crippen LogP contribution < -0.4 is 11.2 Å². The molecule has 0 saturated heterocycles. The topological polar surface area (TPSA) is 98.6 Å². The quantitative estimate of drug-likeness (QED) is 0.689. The summed E-state index contributed by atoms with van der Waals surface area (Å²) in [6.07, 6.45) is -0.759. The first-order valence-electron chi connectivity index (χ1n) is 7.90. The number of nitrogens with one attached hydrogen (secondary N) is 1. The summed E-state index contributed by atoms with van der Waals surface area (Å²) in [5.41, 5.74) is 0.400. The maximum Gasteiger partial charge on any atom is 0.328 e. The van der Waals surface area contributed by atoms with Gasteiger partial charge >= 0.3 is 5.69 Å². The number of hydrogen-bond donors (Lipinski definition) is 3. The van der Waals surface area contributed by atoms with Crippen molar-refractivity contribution in [2.24, 2.45) is 0 Å². The van der Waals surface area contributed by atoms with Crippen molar-refractivity contribution in [3.63, 3.8) is 0 Å². The Morgan fingerprint density at radius 2 is 2.04 bits per heavy atom. The normalized spacial score (nSPS) is 12.5. The van der Waals surface area contributed by atoms with Crippen molar-refractivity contribution in [3.8, 4) is 5.75 Å². The van der Waals surface area contributed by atoms with Gasteiger partial charge in [0.15, 0.2) is 0 Å². The van der Waals surface area contributed by atoms with E-state index in [1.165, 1.54) is 12.1 Å². The van der Waals surface area contributed by atoms with Crippen LogP contribution in [0.4, 0.5) is 0 Å². The first-order chi connectivity index (χ1) is 11.4. The lowest BCUT2D eigenvalue weighted by molar-refractivity contribution is 0.113. The molecule has 0 bridgehead atoms. The van der Waals surface area contributed by atoms with E-state index in [9.17, 15) is 19.8 Å². The third-order valence-corrected chi connectivity index (χ3v) is 3.93. The Hall–Kier alpha value is -2.38. The first kappa shape index (κ1) is 18.0. The zero-order valence-corrected chi connectivity index (χ0v) is 13.9. The molecule has 0 amide bonds. The van der Waals surface area contributed by atoms with Gasteiger partial charge in [0.05, 0.1) is 6.10 Å². The zero-order valence-electron chi connectivity index (χ0n) is 13.9. The van der Waals surface area contributed by atoms with Crippen molar-refractivity contribution >= 4 is 0 Å². The van der Waals surface area contributed by atoms with Crippen molar-refractivity contribution < 1.29 is 10.2 Å². The largest absolute Gasteiger partial charge is 0.508 e. The van der Waals surface area contributed by atoms with Gasteiger partial charge in [0.25, 0.3) is 5.56 Å². The summed E-state index contributed by atoms with van der Waals surface area (Å²) in [7, 11) is 0. The van der Waals surface area contributed by atoms with Gasteiger partial charge in [0.2, 0.25) is 0 Å². The molecule has 0 aliphatic carbocycles. The number of aromatic hydroxyl groups is 1. The van der Waals surface area contributed by atoms with E-state index in [2.05, 4.69) is 4.98 Å². The van der Waals surface area contributed by atoms with Crippen molar-refractivity contribution in [2.75, 3.05) is 19.6 Å². The summed E-state index contributed by atoms with van der Waals surface area (Å²) in [5.74, 6) is 0.104. The molecule has 0 aliphatic rings. The van der Waals surface area contributed by atoms with E-state index in [1.807, 2.05) is 11.8 Å². The number of aromatic nitrogens is 2. The summed E-state index contributed by atoms with van der Waals surface area (Å²) in [5, 5.41) is 19.8. The standard InChI is InChI=1S/C17H23N3O4/c1-3-19(11-15(22)13-5-4-6-14(21)10-13)7-8-20-16(23)9-12(2)18-17(20)24/h4-6,9-10,15,21-22H,3,7-8,11H2,1-2H3,(H,18,24). The number of hydrogen-bond acceptors (Lipinski definition) is 5. The minimum atomic E-state index is -0.759. The molecule has 3 N–H and O–H groups in total. The van der Waals surface area contributed by atoms with E-state index in [1.54, 1.807) is 25.1 Å². The van der Waals surface area contributed by atoms with Crippen LogP contribution >= 0.6 is 0 Å². The molecule has 7 nitrogen and oxygen atoms in total. The number of phenolic OH excluding ortho intramolecular Hbond substituents is 1. The van der Waals surface area contributed by atoms with Gasteiger partial charge in [-0.15, -0.1) is 0 Å². The fourth-order valence-electron chi connectivity index (χ4n) is 2.55. The van der Waals surface area contributed by atoms with E-state index in [0.717, 1.165) is 4.57 Å². The van der Waals surface area contributed by atoms with Crippen LogP contribution in [0.15, 0.2) is 39.9 Å². The van der Waals surface area contributed by atoms with Gasteiger partial charge in [0, 0.05) is 31.4 Å². The van der Waals surface area contributed by atoms with Crippen LogP contribution in [-0.2, 0) is 6.54 Å². The molecule has 2 rings (SSSR count). The summed E-state index contributed by atoms with van der Waals surface area (Å²) < 4.78 is 1.15. The number of phenols is 1. The highest BCUT2D eigenvalue weighted by Gasteiger charge is 2.14. The Morgan fingerprint density at radius 3 is 2.67 bits per heavy atom. The van der Waals surface area contributed by atoms with Crippen LogP contribution in [0.25, 0.3) is 0 Å². The van der Waals surface area contributed by atoms with Crippen LogP contribution in [0.2, 0.25) is 0 Å². The third-order valence-electron chi connectivity index (χ3n) is 3.93. The first-order valence-corrected chi connectivity index (χ1v) is 7.90. The molecule has 24 heavy (non-hydrogen) atoms. The summed E-state index contributed by atoms with van der Waals surface area (Å²) in [6.45, 7) is 5.31. The molecular weight excluding hydrogens is 310 g/mol. The van der Waals surface area contributed by atoms with Crippen molar-refractivity contribution in [3.05, 3.63) is 62.4 Å². The number of aliphatic hydroxyl groups excluding tert-OH is 1. The van der Waals surface area contributed by atoms with Gasteiger partial charge in [-0.1, -0.05) is 19.1 Å². The molecule has 130 valence electrons. The number of likely N-dealkylation sites (N-methyl/N-ethyl adjacent to an activating group) is 1. The number of nitrogens with zero attached hydrogens (tertiary/aromatic N) is 2. The zero-order chi connectivity index (χ0) is 17.7. The summed E-state index contributed by atoms with van der Waals surface area (Å²) in [4.78, 5) is 28.3. The minimum Gasteiger partial charge on any atom is -0.508 e. The molecular formula is C17H23N3O4. The average Bonchev–Trinajstić information content (AvgIpc) is 2.52. The van der Waals surface area contributed by atoms with E-state index < -0.39 is 11.8 Å². The predicted octanol–water partition coefficient (Wildman–Crippen LogP) is 0.606. The fraction of sp³-hybridized carbons (Fsp3) is 0.412. The highest BCUT2D eigenvalue weighted by atomic mass is 16.3. The molecule has 0 aliphatic heterocycles. The Morgan fingerprint density at radius 1 is 1.29 bits per heavy atom. The predicted molar refractivity (Wildman–Crippen MR) is 91.2 cm³/mol. The maximum atomic E-state index is 11.9. The van der Waals surface area contributed by atoms with Crippen LogP contribution in [0.1, 0.15) is 24.3 Å². The lowest BCUT2D eigenvalue weighted by Gasteiger charge is -2.24. The van der Waals surface area contributed by atoms with E-state index >= 15 is 0 Å². The number of aryl methyl sites for hydroxylation is 1. The lowest BCUT2D eigenvalue weighted by atomic mass is 10.1. The van der Waals surface area contributed by atoms with Crippen LogP contribution in [0, 0.1) is 6.92 Å². The third kappa shape index (κ3) is 4.56. The van der Waals surface area contributed by atoms with Gasteiger partial charge in [-0.05, 0) is 31.2 Å². The molecule has 2 aromatic rings. The molecule has 1 aromatic carbocycles. The monoisotopic (exact) mass is 333 g/mol. The van der Waals surface area contributed by atoms with Gasteiger partial charge in [-0.25, -0.2) is 4.79 Å². The number of H-pyrrole nitrogens is 1. The molecule has 0 fully saturated rings. The number of aromatic amines is 1. The summed E-state index contributed by atoms with van der Waals surface area (Å²) in [6, 6.07) is 7.87. The minimum absolute atomic E-state index is 0.104. The SMILES string of the molecule is CCN(CCn1c(=O)cc(C)[nH]c1=O)CC(O)c1cccc(O)c1. The van der Waals surface area contributed by atoms with E-state index in [0.29, 0.717) is 30.9 Å². The second kappa shape index (κ2) is 7.94. The molecule has 0 radical (unpaired) electrons. The van der Waals surface area contributed by atoms with Gasteiger partial charge < -0.3 is 15.2 Å². The summed E-state index contributed by atoms with van der Waals surface area (Å²) >= 11 is 0. The van der Waals surface area contributed by atoms with Crippen molar-refractivity contribution in [1.82, 2.24) is 14.5 Å². The lowest BCUT2D eigenvalue weighted by Crippen LogP contribution is -2.40. The second-order valence-electron chi connectivity index (χ2n) is 5.75. The molecule has 1 aromatic heterocycles. The highest BCUT2D eigenvalue weighted by Crippen LogP contribution is 2.19. The van der Waals surface area contributed by atoms with Gasteiger partial charge in [-0.2, -0.15) is 0 Å². The molecule has 0 spiro atoms. The molecule has 1 unspecified atom stereocenters. The maximum absolute atomic E-state index is 11.9. The Balaban J connectivity index is 2.03. The van der Waals surface area contributed by atoms with Crippen LogP contribution in [0.3, 0.4) is 0 Å². The van der Waals surface area contributed by atoms with E-state index in [4.69, 9.17) is 0 Å². The van der Waals surface area contributed by atoms with Crippen LogP contribution in [0.5, 0.6) is 5.75 Å². The van der Waals surface area contributed by atoms with Crippen molar-refractivity contribution in [2.45, 2.75) is 26.5 Å². The smallest absolute Gasteiger partial charge is 0.328 e. The van der Waals surface area contributed by atoms with Gasteiger partial charge in [-0.3, -0.25) is 14.3 Å². The highest BCUT2D eigenvalue weighted by molar-refractivity contribution is 5.28.